The maximum absolute atomic E-state index is 11.7. The third-order valence-corrected chi connectivity index (χ3v) is 4.80. The molecule has 3 rings (SSSR count). The first-order chi connectivity index (χ1) is 12.6. The molecule has 0 bridgehead atoms. The van der Waals surface area contributed by atoms with Gasteiger partial charge in [-0.15, -0.1) is 0 Å². The van der Waals surface area contributed by atoms with E-state index in [-0.39, 0.29) is 5.92 Å². The van der Waals surface area contributed by atoms with Crippen molar-refractivity contribution in [2.45, 2.75) is 12.8 Å². The predicted molar refractivity (Wildman–Crippen MR) is 99.7 cm³/mol. The Morgan fingerprint density at radius 2 is 2.04 bits per heavy atom. The number of nitrogens with one attached hydrogen (secondary N) is 1. The minimum Gasteiger partial charge on any atom is -0.481 e. The van der Waals surface area contributed by atoms with Gasteiger partial charge in [0.25, 0.3) is 0 Å². The zero-order valence-electron chi connectivity index (χ0n) is 14.8. The van der Waals surface area contributed by atoms with Crippen molar-refractivity contribution in [3.8, 4) is 0 Å². The number of carboxylic acids is 1. The molecule has 1 saturated heterocycles. The first-order valence-electron chi connectivity index (χ1n) is 8.80. The molecule has 26 heavy (non-hydrogen) atoms. The molecule has 0 spiro atoms. The molecule has 0 aliphatic carbocycles. The minimum atomic E-state index is -0.778. The summed E-state index contributed by atoms with van der Waals surface area (Å²) < 4.78 is 5.34. The summed E-state index contributed by atoms with van der Waals surface area (Å²) in [6, 6.07) is 11.7. The molecular weight excluding hydrogens is 332 g/mol. The predicted octanol–water partition coefficient (Wildman–Crippen LogP) is 2.78. The SMILES string of the molecule is CN(c1ccccc1)c1cc(NCC(C(=O)O)C2CCOCC2)ncn1. The zero-order valence-corrected chi connectivity index (χ0v) is 14.8. The van der Waals surface area contributed by atoms with Crippen LogP contribution in [-0.4, -0.2) is 47.8 Å². The van der Waals surface area contributed by atoms with Crippen molar-refractivity contribution < 1.29 is 14.6 Å². The number of carboxylic acid groups (broad SMARTS) is 1. The number of hydrogen-bond acceptors (Lipinski definition) is 6. The highest BCUT2D eigenvalue weighted by Crippen LogP contribution is 2.26. The van der Waals surface area contributed by atoms with Gasteiger partial charge in [0.1, 0.15) is 18.0 Å². The van der Waals surface area contributed by atoms with E-state index < -0.39 is 11.9 Å². The van der Waals surface area contributed by atoms with Crippen molar-refractivity contribution >= 4 is 23.3 Å². The van der Waals surface area contributed by atoms with Gasteiger partial charge in [0.05, 0.1) is 5.92 Å². The molecule has 0 saturated carbocycles. The fourth-order valence-electron chi connectivity index (χ4n) is 3.20. The second kappa shape index (κ2) is 8.62. The molecule has 1 aromatic carbocycles. The van der Waals surface area contributed by atoms with E-state index in [2.05, 4.69) is 15.3 Å². The molecule has 7 nitrogen and oxygen atoms in total. The summed E-state index contributed by atoms with van der Waals surface area (Å²) >= 11 is 0. The molecule has 1 aliphatic heterocycles. The summed E-state index contributed by atoms with van der Waals surface area (Å²) in [6.07, 6.45) is 3.05. The first-order valence-corrected chi connectivity index (χ1v) is 8.80. The van der Waals surface area contributed by atoms with Gasteiger partial charge in [-0.25, -0.2) is 9.97 Å². The second-order valence-corrected chi connectivity index (χ2v) is 6.43. The molecule has 2 N–H and O–H groups in total. The van der Waals surface area contributed by atoms with Crippen LogP contribution in [0.4, 0.5) is 17.3 Å². The van der Waals surface area contributed by atoms with Crippen LogP contribution in [-0.2, 0) is 9.53 Å². The molecule has 1 aromatic heterocycles. The molecule has 1 unspecified atom stereocenters. The average Bonchev–Trinajstić information content (AvgIpc) is 2.69. The summed E-state index contributed by atoms with van der Waals surface area (Å²) in [5.74, 6) is 0.258. The number of benzene rings is 1. The van der Waals surface area contributed by atoms with Crippen molar-refractivity contribution in [3.63, 3.8) is 0 Å². The van der Waals surface area contributed by atoms with Crippen LogP contribution in [0.25, 0.3) is 0 Å². The maximum atomic E-state index is 11.7. The van der Waals surface area contributed by atoms with Crippen molar-refractivity contribution in [2.24, 2.45) is 11.8 Å². The van der Waals surface area contributed by atoms with Gasteiger partial charge in [0.2, 0.25) is 0 Å². The summed E-state index contributed by atoms with van der Waals surface area (Å²) in [4.78, 5) is 22.2. The Morgan fingerprint density at radius 3 is 2.73 bits per heavy atom. The number of rotatable bonds is 7. The molecular formula is C19H24N4O3. The van der Waals surface area contributed by atoms with Crippen LogP contribution < -0.4 is 10.2 Å². The molecule has 1 aliphatic rings. The van der Waals surface area contributed by atoms with Crippen molar-refractivity contribution in [3.05, 3.63) is 42.7 Å². The number of ether oxygens (including phenoxy) is 1. The lowest BCUT2D eigenvalue weighted by atomic mass is 9.86. The number of aliphatic carboxylic acids is 1. The Bertz CT molecular complexity index is 720. The fraction of sp³-hybridized carbons (Fsp3) is 0.421. The Labute approximate surface area is 153 Å². The third-order valence-electron chi connectivity index (χ3n) is 4.80. The third kappa shape index (κ3) is 4.49. The molecule has 0 amide bonds. The van der Waals surface area contributed by atoms with E-state index >= 15 is 0 Å². The van der Waals surface area contributed by atoms with Crippen LogP contribution in [0.5, 0.6) is 0 Å². The number of carbonyl (C=O) groups is 1. The lowest BCUT2D eigenvalue weighted by Gasteiger charge is -2.27. The van der Waals surface area contributed by atoms with Gasteiger partial charge < -0.3 is 20.1 Å². The lowest BCUT2D eigenvalue weighted by molar-refractivity contribution is -0.144. The van der Waals surface area contributed by atoms with Gasteiger partial charge in [0.15, 0.2) is 0 Å². The van der Waals surface area contributed by atoms with E-state index in [4.69, 9.17) is 4.74 Å². The van der Waals surface area contributed by atoms with Crippen LogP contribution in [0, 0.1) is 11.8 Å². The van der Waals surface area contributed by atoms with Crippen LogP contribution in [0.1, 0.15) is 12.8 Å². The van der Waals surface area contributed by atoms with Crippen LogP contribution in [0.2, 0.25) is 0 Å². The number of aromatic nitrogens is 2. The average molecular weight is 356 g/mol. The topological polar surface area (TPSA) is 87.6 Å². The second-order valence-electron chi connectivity index (χ2n) is 6.43. The normalized spacial score (nSPS) is 16.0. The quantitative estimate of drug-likeness (QED) is 0.789. The highest BCUT2D eigenvalue weighted by Gasteiger charge is 2.29. The van der Waals surface area contributed by atoms with Crippen LogP contribution in [0.3, 0.4) is 0 Å². The monoisotopic (exact) mass is 356 g/mol. The van der Waals surface area contributed by atoms with E-state index in [0.29, 0.717) is 25.6 Å². The van der Waals surface area contributed by atoms with Gasteiger partial charge in [-0.1, -0.05) is 18.2 Å². The fourth-order valence-corrected chi connectivity index (χ4v) is 3.20. The summed E-state index contributed by atoms with van der Waals surface area (Å²) in [5, 5.41) is 12.7. The molecule has 1 atom stereocenters. The van der Waals surface area contributed by atoms with Crippen molar-refractivity contribution in [1.82, 2.24) is 9.97 Å². The number of para-hydroxylation sites is 1. The Morgan fingerprint density at radius 1 is 1.31 bits per heavy atom. The zero-order chi connectivity index (χ0) is 18.4. The molecule has 2 heterocycles. The summed E-state index contributed by atoms with van der Waals surface area (Å²) in [7, 11) is 1.93. The number of anilines is 3. The first kappa shape index (κ1) is 18.1. The van der Waals surface area contributed by atoms with Gasteiger partial charge in [-0.3, -0.25) is 4.79 Å². The van der Waals surface area contributed by atoms with E-state index in [1.54, 1.807) is 0 Å². The van der Waals surface area contributed by atoms with Gasteiger partial charge in [0, 0.05) is 38.6 Å². The standard InChI is InChI=1S/C19H24N4O3/c1-23(15-5-3-2-4-6-15)18-11-17(21-13-22-18)20-12-16(19(24)25)14-7-9-26-10-8-14/h2-6,11,13-14,16H,7-10,12H2,1H3,(H,24,25)(H,20,21,22). The van der Waals surface area contributed by atoms with Crippen LogP contribution in [0.15, 0.2) is 42.7 Å². The van der Waals surface area contributed by atoms with Gasteiger partial charge >= 0.3 is 5.97 Å². The highest BCUT2D eigenvalue weighted by molar-refractivity contribution is 5.71. The Balaban J connectivity index is 1.67. The van der Waals surface area contributed by atoms with E-state index in [0.717, 1.165) is 24.3 Å². The smallest absolute Gasteiger partial charge is 0.308 e. The maximum Gasteiger partial charge on any atom is 0.308 e. The molecule has 138 valence electrons. The minimum absolute atomic E-state index is 0.127. The summed E-state index contributed by atoms with van der Waals surface area (Å²) in [6.45, 7) is 1.60. The largest absolute Gasteiger partial charge is 0.481 e. The highest BCUT2D eigenvalue weighted by atomic mass is 16.5. The lowest BCUT2D eigenvalue weighted by Crippen LogP contribution is -2.34. The van der Waals surface area contributed by atoms with Crippen molar-refractivity contribution in [2.75, 3.05) is 37.0 Å². The van der Waals surface area contributed by atoms with E-state index in [1.165, 1.54) is 6.33 Å². The van der Waals surface area contributed by atoms with Crippen molar-refractivity contribution in [1.29, 1.82) is 0 Å². The molecule has 7 heteroatoms. The molecule has 1 fully saturated rings. The Kier molecular flexibility index (Phi) is 6.01. The van der Waals surface area contributed by atoms with Crippen LogP contribution >= 0.6 is 0 Å². The molecule has 0 radical (unpaired) electrons. The van der Waals surface area contributed by atoms with E-state index in [1.807, 2.05) is 48.3 Å². The Hall–Kier alpha value is -2.67. The van der Waals surface area contributed by atoms with E-state index in [9.17, 15) is 9.90 Å². The number of hydrogen-bond donors (Lipinski definition) is 2. The number of nitrogens with zero attached hydrogens (tertiary/aromatic N) is 3. The summed E-state index contributed by atoms with van der Waals surface area (Å²) in [5.41, 5.74) is 1.02. The van der Waals surface area contributed by atoms with Gasteiger partial charge in [-0.05, 0) is 30.9 Å². The molecule has 2 aromatic rings. The van der Waals surface area contributed by atoms with Gasteiger partial charge in [-0.2, -0.15) is 0 Å².